The summed E-state index contributed by atoms with van der Waals surface area (Å²) < 4.78 is 6.44. The third-order valence-electron chi connectivity index (χ3n) is 8.63. The number of piperidine rings is 1. The van der Waals surface area contributed by atoms with Crippen LogP contribution in [0.25, 0.3) is 11.1 Å². The molecule has 6 rings (SSSR count). The molecule has 3 aromatic rings. The van der Waals surface area contributed by atoms with Crippen LogP contribution in [0.4, 0.5) is 0 Å². The molecule has 0 spiro atoms. The Balaban J connectivity index is 1.02. The minimum Gasteiger partial charge on any atom is -0.490 e. The SMILES string of the molecule is O=C(c1ccc(-c2ccccc2)cc1)N1CCC(Oc2ccc3c(c2)CCN(C2CCCC2)CC3)CC1. The Morgan fingerprint density at radius 2 is 1.38 bits per heavy atom. The van der Waals surface area contributed by atoms with Gasteiger partial charge in [-0.25, -0.2) is 0 Å². The van der Waals surface area contributed by atoms with Crippen molar-refractivity contribution in [3.63, 3.8) is 0 Å². The lowest BCUT2D eigenvalue weighted by molar-refractivity contribution is 0.0595. The molecule has 2 heterocycles. The topological polar surface area (TPSA) is 32.8 Å². The van der Waals surface area contributed by atoms with Gasteiger partial charge in [-0.2, -0.15) is 0 Å². The van der Waals surface area contributed by atoms with E-state index < -0.39 is 0 Å². The number of ether oxygens (including phenoxy) is 1. The van der Waals surface area contributed by atoms with E-state index in [-0.39, 0.29) is 12.0 Å². The number of rotatable bonds is 5. The monoisotopic (exact) mass is 494 g/mol. The fourth-order valence-electron chi connectivity index (χ4n) is 6.41. The molecule has 1 aliphatic carbocycles. The number of amides is 1. The van der Waals surface area contributed by atoms with Gasteiger partial charge in [-0.3, -0.25) is 9.69 Å². The number of carbonyl (C=O) groups excluding carboxylic acids is 1. The molecule has 1 saturated carbocycles. The molecule has 0 bridgehead atoms. The zero-order valence-electron chi connectivity index (χ0n) is 21.8. The fraction of sp³-hybridized carbons (Fsp3) is 0.424. The number of fused-ring (bicyclic) bond motifs is 1. The van der Waals surface area contributed by atoms with Crippen molar-refractivity contribution < 1.29 is 9.53 Å². The molecule has 2 aliphatic heterocycles. The standard InChI is InChI=1S/C33H38N2O2/c36-33(28-12-10-26(11-13-28)25-6-2-1-3-7-25)35-22-18-31(19-23-35)37-32-15-14-27-16-20-34(21-17-29(27)24-32)30-8-4-5-9-30/h1-3,6-7,10-15,24,30-31H,4-5,8-9,16-23H2. The molecular weight excluding hydrogens is 456 g/mol. The van der Waals surface area contributed by atoms with Crippen LogP contribution in [-0.4, -0.2) is 54.0 Å². The third-order valence-corrected chi connectivity index (χ3v) is 8.63. The van der Waals surface area contributed by atoms with Crippen LogP contribution in [0.15, 0.2) is 72.8 Å². The summed E-state index contributed by atoms with van der Waals surface area (Å²) in [4.78, 5) is 17.8. The zero-order valence-corrected chi connectivity index (χ0v) is 21.8. The molecule has 3 aromatic carbocycles. The van der Waals surface area contributed by atoms with Gasteiger partial charge in [0.25, 0.3) is 5.91 Å². The van der Waals surface area contributed by atoms with E-state index in [0.717, 1.165) is 61.7 Å². The van der Waals surface area contributed by atoms with Gasteiger partial charge in [0.2, 0.25) is 0 Å². The van der Waals surface area contributed by atoms with E-state index in [9.17, 15) is 4.79 Å². The van der Waals surface area contributed by atoms with Gasteiger partial charge in [0, 0.05) is 50.6 Å². The molecule has 37 heavy (non-hydrogen) atoms. The highest BCUT2D eigenvalue weighted by Crippen LogP contribution is 2.29. The molecule has 4 heteroatoms. The minimum absolute atomic E-state index is 0.120. The van der Waals surface area contributed by atoms with Gasteiger partial charge in [-0.15, -0.1) is 0 Å². The Bertz CT molecular complexity index is 1190. The first-order valence-electron chi connectivity index (χ1n) is 14.2. The Kier molecular flexibility index (Phi) is 7.27. The Labute approximate surface area is 221 Å². The van der Waals surface area contributed by atoms with Crippen LogP contribution in [0.2, 0.25) is 0 Å². The van der Waals surface area contributed by atoms with Crippen LogP contribution < -0.4 is 4.74 Å². The normalized spacial score (nSPS) is 19.4. The molecule has 0 aromatic heterocycles. The average molecular weight is 495 g/mol. The van der Waals surface area contributed by atoms with Crippen molar-refractivity contribution in [3.05, 3.63) is 89.5 Å². The smallest absolute Gasteiger partial charge is 0.253 e. The highest BCUT2D eigenvalue weighted by molar-refractivity contribution is 5.94. The lowest BCUT2D eigenvalue weighted by Crippen LogP contribution is -2.41. The molecule has 0 atom stereocenters. The van der Waals surface area contributed by atoms with Crippen LogP contribution in [0, 0.1) is 0 Å². The van der Waals surface area contributed by atoms with Crippen LogP contribution in [-0.2, 0) is 12.8 Å². The Hall–Kier alpha value is -3.11. The molecule has 2 fully saturated rings. The third kappa shape index (κ3) is 5.60. The summed E-state index contributed by atoms with van der Waals surface area (Å²) in [6, 6.07) is 25.8. The summed E-state index contributed by atoms with van der Waals surface area (Å²) in [6.45, 7) is 3.85. The summed E-state index contributed by atoms with van der Waals surface area (Å²) in [5.74, 6) is 1.12. The predicted molar refractivity (Wildman–Crippen MR) is 149 cm³/mol. The minimum atomic E-state index is 0.120. The molecule has 192 valence electrons. The zero-order chi connectivity index (χ0) is 25.0. The number of likely N-dealkylation sites (tertiary alicyclic amines) is 1. The number of benzene rings is 3. The van der Waals surface area contributed by atoms with E-state index in [1.165, 1.54) is 55.5 Å². The maximum atomic E-state index is 13.1. The van der Waals surface area contributed by atoms with E-state index in [1.807, 2.05) is 47.4 Å². The van der Waals surface area contributed by atoms with Crippen molar-refractivity contribution >= 4 is 5.91 Å². The number of nitrogens with zero attached hydrogens (tertiary/aromatic N) is 2. The summed E-state index contributed by atoms with van der Waals surface area (Å²) in [7, 11) is 0. The summed E-state index contributed by atoms with van der Waals surface area (Å²) >= 11 is 0. The van der Waals surface area contributed by atoms with Gasteiger partial charge in [0.05, 0.1) is 0 Å². The van der Waals surface area contributed by atoms with Gasteiger partial charge in [-0.1, -0.05) is 61.4 Å². The number of hydrogen-bond donors (Lipinski definition) is 0. The van der Waals surface area contributed by atoms with Crippen LogP contribution in [0.1, 0.15) is 60.0 Å². The molecular formula is C33H38N2O2. The van der Waals surface area contributed by atoms with E-state index >= 15 is 0 Å². The van der Waals surface area contributed by atoms with Crippen molar-refractivity contribution in [1.82, 2.24) is 9.80 Å². The molecule has 0 N–H and O–H groups in total. The number of hydrogen-bond acceptors (Lipinski definition) is 3. The maximum Gasteiger partial charge on any atom is 0.253 e. The van der Waals surface area contributed by atoms with Crippen molar-refractivity contribution in [3.8, 4) is 16.9 Å². The average Bonchev–Trinajstić information content (AvgIpc) is 3.41. The summed E-state index contributed by atoms with van der Waals surface area (Å²) in [5, 5.41) is 0. The summed E-state index contributed by atoms with van der Waals surface area (Å²) in [5.41, 5.74) is 6.02. The molecule has 0 unspecified atom stereocenters. The fourth-order valence-corrected chi connectivity index (χ4v) is 6.41. The first-order valence-corrected chi connectivity index (χ1v) is 14.2. The van der Waals surface area contributed by atoms with Gasteiger partial charge in [-0.05, 0) is 72.2 Å². The van der Waals surface area contributed by atoms with Crippen molar-refractivity contribution in [2.45, 2.75) is 63.5 Å². The predicted octanol–water partition coefficient (Wildman–Crippen LogP) is 6.38. The molecule has 3 aliphatic rings. The molecule has 1 amide bonds. The van der Waals surface area contributed by atoms with Crippen LogP contribution >= 0.6 is 0 Å². The Morgan fingerprint density at radius 3 is 2.11 bits per heavy atom. The number of carbonyl (C=O) groups is 1. The second kappa shape index (κ2) is 11.1. The van der Waals surface area contributed by atoms with Crippen molar-refractivity contribution in [2.24, 2.45) is 0 Å². The summed E-state index contributed by atoms with van der Waals surface area (Å²) in [6.07, 6.45) is 9.76. The van der Waals surface area contributed by atoms with Crippen molar-refractivity contribution in [1.29, 1.82) is 0 Å². The van der Waals surface area contributed by atoms with Gasteiger partial charge < -0.3 is 9.64 Å². The largest absolute Gasteiger partial charge is 0.490 e. The van der Waals surface area contributed by atoms with E-state index in [4.69, 9.17) is 4.74 Å². The van der Waals surface area contributed by atoms with Crippen LogP contribution in [0.3, 0.4) is 0 Å². The molecule has 0 radical (unpaired) electrons. The van der Waals surface area contributed by atoms with E-state index in [2.05, 4.69) is 35.2 Å². The quantitative estimate of drug-likeness (QED) is 0.413. The van der Waals surface area contributed by atoms with Gasteiger partial charge in [0.15, 0.2) is 0 Å². The highest BCUT2D eigenvalue weighted by atomic mass is 16.5. The second-order valence-electron chi connectivity index (χ2n) is 11.0. The molecule has 1 saturated heterocycles. The molecule has 4 nitrogen and oxygen atoms in total. The maximum absolute atomic E-state index is 13.1. The second-order valence-corrected chi connectivity index (χ2v) is 11.0. The Morgan fingerprint density at radius 1 is 0.703 bits per heavy atom. The lowest BCUT2D eigenvalue weighted by Gasteiger charge is -2.32. The van der Waals surface area contributed by atoms with Gasteiger partial charge >= 0.3 is 0 Å². The van der Waals surface area contributed by atoms with E-state index in [0.29, 0.717) is 0 Å². The lowest BCUT2D eigenvalue weighted by atomic mass is 10.0. The van der Waals surface area contributed by atoms with Crippen LogP contribution in [0.5, 0.6) is 5.75 Å². The van der Waals surface area contributed by atoms with E-state index in [1.54, 1.807) is 0 Å². The first kappa shape index (κ1) is 24.2. The first-order chi connectivity index (χ1) is 18.2. The van der Waals surface area contributed by atoms with Gasteiger partial charge in [0.1, 0.15) is 11.9 Å². The highest BCUT2D eigenvalue weighted by Gasteiger charge is 2.26. The van der Waals surface area contributed by atoms with Crippen molar-refractivity contribution in [2.75, 3.05) is 26.2 Å².